The number of morpholine rings is 1. The Labute approximate surface area is 162 Å². The summed E-state index contributed by atoms with van der Waals surface area (Å²) in [5, 5.41) is 2.99. The first-order valence-electron chi connectivity index (χ1n) is 10.1. The van der Waals surface area contributed by atoms with Crippen molar-refractivity contribution in [2.45, 2.75) is 38.7 Å². The number of rotatable bonds is 10. The number of nitrogens with zero attached hydrogens (tertiary/aromatic N) is 1. The fourth-order valence-electron chi connectivity index (χ4n) is 3.50. The Hall–Kier alpha value is -1.63. The van der Waals surface area contributed by atoms with Gasteiger partial charge in [0.25, 0.3) is 5.91 Å². The fourth-order valence-corrected chi connectivity index (χ4v) is 3.50. The molecule has 0 bridgehead atoms. The zero-order valence-corrected chi connectivity index (χ0v) is 16.5. The molecule has 27 heavy (non-hydrogen) atoms. The second kappa shape index (κ2) is 9.53. The molecule has 0 unspecified atom stereocenters. The van der Waals surface area contributed by atoms with Crippen LogP contribution < -0.4 is 10.1 Å². The monoisotopic (exact) mass is 376 g/mol. The molecule has 0 aromatic heterocycles. The SMILES string of the molecule is CCO[C@](C)(C(=O)Nc1ccc(OCCCN2CCOCC2)cc1)C1CC1. The highest BCUT2D eigenvalue weighted by Gasteiger charge is 2.48. The number of carbonyl (C=O) groups excluding carboxylic acids is 1. The molecule has 1 aliphatic carbocycles. The van der Waals surface area contributed by atoms with Gasteiger partial charge >= 0.3 is 0 Å². The van der Waals surface area contributed by atoms with Crippen LogP contribution in [0.25, 0.3) is 0 Å². The molecule has 6 heteroatoms. The van der Waals surface area contributed by atoms with Crippen molar-refractivity contribution >= 4 is 11.6 Å². The molecule has 0 spiro atoms. The van der Waals surface area contributed by atoms with Gasteiger partial charge in [0, 0.05) is 31.9 Å². The van der Waals surface area contributed by atoms with Crippen LogP contribution in [0.5, 0.6) is 5.75 Å². The number of anilines is 1. The largest absolute Gasteiger partial charge is 0.494 e. The van der Waals surface area contributed by atoms with E-state index in [4.69, 9.17) is 14.2 Å². The first-order valence-corrected chi connectivity index (χ1v) is 10.1. The predicted molar refractivity (Wildman–Crippen MR) is 105 cm³/mol. The van der Waals surface area contributed by atoms with Crippen LogP contribution in [0.15, 0.2) is 24.3 Å². The molecular weight excluding hydrogens is 344 g/mol. The lowest BCUT2D eigenvalue weighted by atomic mass is 9.99. The molecule has 1 atom stereocenters. The molecule has 1 N–H and O–H groups in total. The van der Waals surface area contributed by atoms with Crippen molar-refractivity contribution in [2.24, 2.45) is 5.92 Å². The standard InChI is InChI=1S/C21H32N2O4/c1-3-27-21(2,17-5-6-17)20(24)22-18-7-9-19(10-8-18)26-14-4-11-23-12-15-25-16-13-23/h7-10,17H,3-6,11-16H2,1-2H3,(H,22,24)/t21-/m0/s1. The van der Waals surface area contributed by atoms with Crippen LogP contribution in [-0.4, -0.2) is 62.5 Å². The predicted octanol–water partition coefficient (Wildman–Crippen LogP) is 2.93. The van der Waals surface area contributed by atoms with Crippen molar-refractivity contribution in [3.63, 3.8) is 0 Å². The van der Waals surface area contributed by atoms with Gasteiger partial charge in [-0.3, -0.25) is 9.69 Å². The molecule has 6 nitrogen and oxygen atoms in total. The second-order valence-corrected chi connectivity index (χ2v) is 7.45. The van der Waals surface area contributed by atoms with Crippen molar-refractivity contribution in [3.05, 3.63) is 24.3 Å². The highest BCUT2D eigenvalue weighted by Crippen LogP contribution is 2.42. The van der Waals surface area contributed by atoms with Gasteiger partial charge in [0.05, 0.1) is 19.8 Å². The number of benzene rings is 1. The third-order valence-corrected chi connectivity index (χ3v) is 5.35. The van der Waals surface area contributed by atoms with E-state index in [9.17, 15) is 4.79 Å². The molecule has 3 rings (SSSR count). The van der Waals surface area contributed by atoms with Crippen molar-refractivity contribution in [3.8, 4) is 5.75 Å². The maximum atomic E-state index is 12.7. The van der Waals surface area contributed by atoms with Gasteiger partial charge in [-0.25, -0.2) is 0 Å². The maximum Gasteiger partial charge on any atom is 0.256 e. The summed E-state index contributed by atoms with van der Waals surface area (Å²) in [5.74, 6) is 1.09. The normalized spacial score (nSPS) is 20.1. The van der Waals surface area contributed by atoms with Gasteiger partial charge < -0.3 is 19.5 Å². The van der Waals surface area contributed by atoms with Crippen LogP contribution in [0.3, 0.4) is 0 Å². The van der Waals surface area contributed by atoms with Gasteiger partial charge in [-0.05, 0) is 63.3 Å². The molecule has 0 radical (unpaired) electrons. The molecule has 1 heterocycles. The van der Waals surface area contributed by atoms with Gasteiger partial charge in [0.2, 0.25) is 0 Å². The number of carbonyl (C=O) groups is 1. The van der Waals surface area contributed by atoms with Crippen molar-refractivity contribution in [1.82, 2.24) is 4.90 Å². The van der Waals surface area contributed by atoms with E-state index < -0.39 is 5.60 Å². The van der Waals surface area contributed by atoms with Crippen LogP contribution >= 0.6 is 0 Å². The van der Waals surface area contributed by atoms with Crippen LogP contribution in [0.4, 0.5) is 5.69 Å². The number of amides is 1. The maximum absolute atomic E-state index is 12.7. The molecule has 1 saturated heterocycles. The highest BCUT2D eigenvalue weighted by molar-refractivity contribution is 5.97. The summed E-state index contributed by atoms with van der Waals surface area (Å²) >= 11 is 0. The van der Waals surface area contributed by atoms with Crippen molar-refractivity contribution in [1.29, 1.82) is 0 Å². The average molecular weight is 376 g/mol. The third-order valence-electron chi connectivity index (χ3n) is 5.35. The first-order chi connectivity index (χ1) is 13.1. The molecular formula is C21H32N2O4. The minimum atomic E-state index is -0.733. The second-order valence-electron chi connectivity index (χ2n) is 7.45. The number of hydrogen-bond donors (Lipinski definition) is 1. The number of nitrogens with one attached hydrogen (secondary N) is 1. The Morgan fingerprint density at radius 1 is 1.26 bits per heavy atom. The molecule has 1 amide bonds. The van der Waals surface area contributed by atoms with Crippen LogP contribution in [0.1, 0.15) is 33.1 Å². The van der Waals surface area contributed by atoms with Crippen LogP contribution in [0, 0.1) is 5.92 Å². The zero-order chi connectivity index (χ0) is 19.1. The Bertz CT molecular complexity index is 597. The van der Waals surface area contributed by atoms with Crippen LogP contribution in [-0.2, 0) is 14.3 Å². The quantitative estimate of drug-likeness (QED) is 0.636. The van der Waals surface area contributed by atoms with E-state index in [0.29, 0.717) is 19.1 Å². The van der Waals surface area contributed by atoms with Gasteiger partial charge in [0.1, 0.15) is 11.4 Å². The summed E-state index contributed by atoms with van der Waals surface area (Å²) < 4.78 is 16.9. The molecule has 2 fully saturated rings. The third kappa shape index (κ3) is 5.67. The average Bonchev–Trinajstić information content (AvgIpc) is 3.53. The van der Waals surface area contributed by atoms with E-state index in [1.807, 2.05) is 38.1 Å². The lowest BCUT2D eigenvalue weighted by molar-refractivity contribution is -0.141. The molecule has 1 aromatic carbocycles. The van der Waals surface area contributed by atoms with Crippen molar-refractivity contribution < 1.29 is 19.0 Å². The topological polar surface area (TPSA) is 60.0 Å². The van der Waals surface area contributed by atoms with Gasteiger partial charge in [-0.2, -0.15) is 0 Å². The van der Waals surface area contributed by atoms with Crippen molar-refractivity contribution in [2.75, 3.05) is 51.4 Å². The Balaban J connectivity index is 1.42. The van der Waals surface area contributed by atoms with Gasteiger partial charge in [0.15, 0.2) is 0 Å². The highest BCUT2D eigenvalue weighted by atomic mass is 16.5. The van der Waals surface area contributed by atoms with Gasteiger partial charge in [-0.1, -0.05) is 0 Å². The summed E-state index contributed by atoms with van der Waals surface area (Å²) in [6.45, 7) is 9.77. The van der Waals surface area contributed by atoms with E-state index in [0.717, 1.165) is 63.5 Å². The minimum absolute atomic E-state index is 0.0639. The van der Waals surface area contributed by atoms with E-state index in [2.05, 4.69) is 10.2 Å². The zero-order valence-electron chi connectivity index (χ0n) is 16.5. The molecule has 2 aliphatic rings. The number of ether oxygens (including phenoxy) is 3. The van der Waals surface area contributed by atoms with E-state index in [1.54, 1.807) is 0 Å². The van der Waals surface area contributed by atoms with E-state index in [-0.39, 0.29) is 5.91 Å². The fraction of sp³-hybridized carbons (Fsp3) is 0.667. The van der Waals surface area contributed by atoms with E-state index in [1.165, 1.54) is 0 Å². The lowest BCUT2D eigenvalue weighted by Gasteiger charge is -2.28. The minimum Gasteiger partial charge on any atom is -0.494 e. The van der Waals surface area contributed by atoms with Crippen LogP contribution in [0.2, 0.25) is 0 Å². The Kier molecular flexibility index (Phi) is 7.10. The lowest BCUT2D eigenvalue weighted by Crippen LogP contribution is -2.44. The Morgan fingerprint density at radius 3 is 2.59 bits per heavy atom. The molecule has 1 saturated carbocycles. The smallest absolute Gasteiger partial charge is 0.256 e. The number of hydrogen-bond acceptors (Lipinski definition) is 5. The summed E-state index contributed by atoms with van der Waals surface area (Å²) in [4.78, 5) is 15.1. The Morgan fingerprint density at radius 2 is 1.96 bits per heavy atom. The summed E-state index contributed by atoms with van der Waals surface area (Å²) in [5.41, 5.74) is 0.0379. The molecule has 1 aliphatic heterocycles. The van der Waals surface area contributed by atoms with Gasteiger partial charge in [-0.15, -0.1) is 0 Å². The van der Waals surface area contributed by atoms with E-state index >= 15 is 0 Å². The summed E-state index contributed by atoms with van der Waals surface area (Å²) in [7, 11) is 0. The summed E-state index contributed by atoms with van der Waals surface area (Å²) in [6.07, 6.45) is 3.11. The summed E-state index contributed by atoms with van der Waals surface area (Å²) in [6, 6.07) is 7.57. The first kappa shape index (κ1) is 20.1. The molecule has 1 aromatic rings. The molecule has 150 valence electrons.